The number of pyridine rings is 1. The smallest absolute Gasteiger partial charge is 0.284 e. The largest absolute Gasteiger partial charge is 0.475 e. The van der Waals surface area contributed by atoms with Crippen molar-refractivity contribution < 1.29 is 28.7 Å². The summed E-state index contributed by atoms with van der Waals surface area (Å²) in [4.78, 5) is 37.6. The van der Waals surface area contributed by atoms with Gasteiger partial charge in [0, 0.05) is 6.20 Å². The van der Waals surface area contributed by atoms with E-state index in [-0.39, 0.29) is 11.6 Å². The summed E-state index contributed by atoms with van der Waals surface area (Å²) in [6, 6.07) is 3.28. The van der Waals surface area contributed by atoms with Crippen LogP contribution < -0.4 is 20.4 Å². The molecule has 0 aliphatic rings. The lowest BCUT2D eigenvalue weighted by molar-refractivity contribution is -0.140. The molecule has 1 aromatic heterocycles. The van der Waals surface area contributed by atoms with Crippen molar-refractivity contribution in [2.45, 2.75) is 51.7 Å². The maximum atomic E-state index is 12.1. The maximum absolute atomic E-state index is 12.1. The molecule has 0 saturated carbocycles. The van der Waals surface area contributed by atoms with Crippen molar-refractivity contribution in [2.75, 3.05) is 14.2 Å². The first-order valence-electron chi connectivity index (χ1n) is 8.51. The molecule has 0 saturated heterocycles. The van der Waals surface area contributed by atoms with Crippen LogP contribution in [0.2, 0.25) is 0 Å². The second kappa shape index (κ2) is 12.0. The summed E-state index contributed by atoms with van der Waals surface area (Å²) in [5.74, 6) is -0.438. The SMILES string of the molecule is CCCC(Oc1cccnc1OC(CCC)C(=O)NOC)C(=O)NOC. The first-order valence-corrected chi connectivity index (χ1v) is 8.51. The zero-order valence-electron chi connectivity index (χ0n) is 15.6. The summed E-state index contributed by atoms with van der Waals surface area (Å²) in [6.45, 7) is 3.86. The first-order chi connectivity index (χ1) is 12.6. The minimum Gasteiger partial charge on any atom is -0.475 e. The highest BCUT2D eigenvalue weighted by Gasteiger charge is 2.25. The van der Waals surface area contributed by atoms with Crippen LogP contribution in [0.5, 0.6) is 11.6 Å². The molecule has 9 heteroatoms. The van der Waals surface area contributed by atoms with Gasteiger partial charge in [-0.1, -0.05) is 26.7 Å². The van der Waals surface area contributed by atoms with E-state index in [2.05, 4.69) is 25.6 Å². The summed E-state index contributed by atoms with van der Waals surface area (Å²) >= 11 is 0. The summed E-state index contributed by atoms with van der Waals surface area (Å²) in [5, 5.41) is 0. The molecule has 0 fully saturated rings. The van der Waals surface area contributed by atoms with Crippen LogP contribution in [0.3, 0.4) is 0 Å². The number of carbonyl (C=O) groups is 2. The highest BCUT2D eigenvalue weighted by Crippen LogP contribution is 2.27. The van der Waals surface area contributed by atoms with Crippen molar-refractivity contribution in [3.63, 3.8) is 0 Å². The lowest BCUT2D eigenvalue weighted by Crippen LogP contribution is -2.39. The normalized spacial score (nSPS) is 12.8. The number of hydrogen-bond donors (Lipinski definition) is 2. The van der Waals surface area contributed by atoms with Crippen LogP contribution in [-0.2, 0) is 19.3 Å². The molecule has 0 bridgehead atoms. The summed E-state index contributed by atoms with van der Waals surface area (Å²) in [7, 11) is 2.70. The molecule has 146 valence electrons. The Morgan fingerprint density at radius 2 is 1.54 bits per heavy atom. The molecule has 0 radical (unpaired) electrons. The van der Waals surface area contributed by atoms with Crippen molar-refractivity contribution in [1.29, 1.82) is 0 Å². The van der Waals surface area contributed by atoms with E-state index in [1.165, 1.54) is 20.4 Å². The number of nitrogens with one attached hydrogen (secondary N) is 2. The minimum atomic E-state index is -0.797. The Bertz CT molecular complexity index is 520. The first kappa shape index (κ1) is 21.7. The van der Waals surface area contributed by atoms with Gasteiger partial charge in [-0.15, -0.1) is 0 Å². The van der Waals surface area contributed by atoms with Gasteiger partial charge in [0.1, 0.15) is 0 Å². The second-order valence-corrected chi connectivity index (χ2v) is 5.44. The van der Waals surface area contributed by atoms with Gasteiger partial charge in [0.05, 0.1) is 14.2 Å². The van der Waals surface area contributed by atoms with E-state index in [1.807, 2.05) is 13.8 Å². The molecule has 1 heterocycles. The molecule has 0 aliphatic heterocycles. The van der Waals surface area contributed by atoms with E-state index >= 15 is 0 Å². The number of carbonyl (C=O) groups excluding carboxylic acids is 2. The lowest BCUT2D eigenvalue weighted by atomic mass is 10.2. The van der Waals surface area contributed by atoms with Crippen LogP contribution in [0, 0.1) is 0 Å². The van der Waals surface area contributed by atoms with Crippen molar-refractivity contribution >= 4 is 11.8 Å². The molecule has 0 aromatic carbocycles. The van der Waals surface area contributed by atoms with Crippen LogP contribution >= 0.6 is 0 Å². The van der Waals surface area contributed by atoms with Gasteiger partial charge in [-0.3, -0.25) is 19.3 Å². The molecular weight excluding hydrogens is 342 g/mol. The Morgan fingerprint density at radius 1 is 1.00 bits per heavy atom. The van der Waals surface area contributed by atoms with Crippen molar-refractivity contribution in [1.82, 2.24) is 15.9 Å². The Kier molecular flexibility index (Phi) is 10.0. The standard InChI is InChI=1S/C17H27N3O6/c1-5-8-12(15(21)19-23-3)25-14-10-7-11-18-17(14)26-13(9-6-2)16(22)20-24-4/h7,10-13H,5-6,8-9H2,1-4H3,(H,19,21)(H,20,22). The zero-order chi connectivity index (χ0) is 19.4. The van der Waals surface area contributed by atoms with Crippen molar-refractivity contribution in [3.8, 4) is 11.6 Å². The van der Waals surface area contributed by atoms with Gasteiger partial charge >= 0.3 is 0 Å². The molecule has 1 rings (SSSR count). The van der Waals surface area contributed by atoms with E-state index in [4.69, 9.17) is 9.47 Å². The Labute approximate surface area is 153 Å². The van der Waals surface area contributed by atoms with E-state index in [1.54, 1.807) is 12.1 Å². The number of rotatable bonds is 12. The molecule has 2 N–H and O–H groups in total. The van der Waals surface area contributed by atoms with Gasteiger partial charge in [0.2, 0.25) is 0 Å². The topological polar surface area (TPSA) is 108 Å². The fourth-order valence-corrected chi connectivity index (χ4v) is 2.19. The predicted octanol–water partition coefficient (Wildman–Crippen LogP) is 1.53. The molecule has 26 heavy (non-hydrogen) atoms. The van der Waals surface area contributed by atoms with Crippen LogP contribution in [0.4, 0.5) is 0 Å². The van der Waals surface area contributed by atoms with Gasteiger partial charge in [-0.2, -0.15) is 0 Å². The maximum Gasteiger partial charge on any atom is 0.284 e. The molecular formula is C17H27N3O6. The van der Waals surface area contributed by atoms with E-state index in [0.717, 1.165) is 12.8 Å². The molecule has 0 aliphatic carbocycles. The van der Waals surface area contributed by atoms with Gasteiger partial charge in [-0.25, -0.2) is 15.9 Å². The third-order valence-electron chi connectivity index (χ3n) is 3.35. The molecule has 2 unspecified atom stereocenters. The number of hydroxylamine groups is 2. The molecule has 0 spiro atoms. The lowest BCUT2D eigenvalue weighted by Gasteiger charge is -2.21. The average molecular weight is 369 g/mol. The third kappa shape index (κ3) is 6.85. The number of hydrogen-bond acceptors (Lipinski definition) is 7. The van der Waals surface area contributed by atoms with Crippen LogP contribution in [0.25, 0.3) is 0 Å². The fourth-order valence-electron chi connectivity index (χ4n) is 2.19. The van der Waals surface area contributed by atoms with E-state index in [0.29, 0.717) is 12.8 Å². The van der Waals surface area contributed by atoms with Gasteiger partial charge in [0.25, 0.3) is 17.7 Å². The zero-order valence-corrected chi connectivity index (χ0v) is 15.6. The second-order valence-electron chi connectivity index (χ2n) is 5.44. The monoisotopic (exact) mass is 369 g/mol. The van der Waals surface area contributed by atoms with Gasteiger partial charge in [-0.05, 0) is 25.0 Å². The third-order valence-corrected chi connectivity index (χ3v) is 3.35. The number of amides is 2. The highest BCUT2D eigenvalue weighted by atomic mass is 16.7. The average Bonchev–Trinajstić information content (AvgIpc) is 2.62. The Hall–Kier alpha value is -2.39. The molecule has 2 amide bonds. The van der Waals surface area contributed by atoms with E-state index in [9.17, 15) is 9.59 Å². The molecule has 1 aromatic rings. The predicted molar refractivity (Wildman–Crippen MR) is 93.2 cm³/mol. The minimum absolute atomic E-state index is 0.128. The number of ether oxygens (including phenoxy) is 2. The van der Waals surface area contributed by atoms with Gasteiger partial charge in [0.15, 0.2) is 18.0 Å². The molecule has 9 nitrogen and oxygen atoms in total. The van der Waals surface area contributed by atoms with Crippen molar-refractivity contribution in [2.24, 2.45) is 0 Å². The van der Waals surface area contributed by atoms with Crippen LogP contribution in [0.1, 0.15) is 39.5 Å². The molecule has 2 atom stereocenters. The quantitative estimate of drug-likeness (QED) is 0.538. The summed E-state index contributed by atoms with van der Waals surface area (Å²) in [6.07, 6.45) is 2.34. The summed E-state index contributed by atoms with van der Waals surface area (Å²) in [5.41, 5.74) is 4.51. The number of aromatic nitrogens is 1. The Morgan fingerprint density at radius 3 is 2.04 bits per heavy atom. The van der Waals surface area contributed by atoms with Crippen molar-refractivity contribution in [3.05, 3.63) is 18.3 Å². The summed E-state index contributed by atoms with van der Waals surface area (Å²) < 4.78 is 11.5. The van der Waals surface area contributed by atoms with E-state index < -0.39 is 24.0 Å². The van der Waals surface area contributed by atoms with Gasteiger partial charge < -0.3 is 9.47 Å². The van der Waals surface area contributed by atoms with Crippen LogP contribution in [0.15, 0.2) is 18.3 Å². The van der Waals surface area contributed by atoms with Crippen LogP contribution in [-0.4, -0.2) is 43.2 Å². The number of nitrogens with zero attached hydrogens (tertiary/aromatic N) is 1. The fraction of sp³-hybridized carbons (Fsp3) is 0.588. The highest BCUT2D eigenvalue weighted by molar-refractivity contribution is 5.80. The Balaban J connectivity index is 2.96.